The van der Waals surface area contributed by atoms with Gasteiger partial charge in [0.15, 0.2) is 0 Å². The topological polar surface area (TPSA) is 50.4 Å². The molecular weight excluding hydrogens is 230 g/mol. The van der Waals surface area contributed by atoms with E-state index >= 15 is 0 Å². The van der Waals surface area contributed by atoms with E-state index in [1.54, 1.807) is 20.8 Å². The normalized spacial score (nSPS) is 13.6. The molecule has 0 aliphatic rings. The van der Waals surface area contributed by atoms with Crippen molar-refractivity contribution in [3.63, 3.8) is 0 Å². The first kappa shape index (κ1) is 16.1. The number of alkyl carbamates (subject to hydrolysis) is 1. The molecule has 2 N–H and O–H groups in total. The summed E-state index contributed by atoms with van der Waals surface area (Å²) in [5.74, 6) is 0. The lowest BCUT2D eigenvalue weighted by atomic mass is 10.2. The van der Waals surface area contributed by atoms with E-state index in [2.05, 4.69) is 10.6 Å². The SMILES string of the molecule is CCNCCC(NC(=O)OC(C)(C)C)C(F)F. The van der Waals surface area contributed by atoms with Crippen LogP contribution in [0.4, 0.5) is 13.6 Å². The average Bonchev–Trinajstić information content (AvgIpc) is 2.13. The summed E-state index contributed by atoms with van der Waals surface area (Å²) >= 11 is 0. The van der Waals surface area contributed by atoms with Crippen molar-refractivity contribution in [2.24, 2.45) is 0 Å². The molecule has 1 amide bonds. The van der Waals surface area contributed by atoms with Crippen LogP contribution in [0, 0.1) is 0 Å². The fraction of sp³-hybridized carbons (Fsp3) is 0.909. The monoisotopic (exact) mass is 252 g/mol. The predicted octanol–water partition coefficient (Wildman–Crippen LogP) is 2.14. The molecule has 4 nitrogen and oxygen atoms in total. The van der Waals surface area contributed by atoms with E-state index in [9.17, 15) is 13.6 Å². The molecule has 0 fully saturated rings. The van der Waals surface area contributed by atoms with Gasteiger partial charge in [0.1, 0.15) is 5.60 Å². The molecule has 0 saturated carbocycles. The van der Waals surface area contributed by atoms with Gasteiger partial charge in [-0.1, -0.05) is 6.92 Å². The summed E-state index contributed by atoms with van der Waals surface area (Å²) in [6.07, 6.45) is -3.23. The second-order valence-corrected chi connectivity index (χ2v) is 4.73. The molecule has 1 atom stereocenters. The van der Waals surface area contributed by atoms with Crippen LogP contribution in [0.3, 0.4) is 0 Å². The van der Waals surface area contributed by atoms with Gasteiger partial charge in [0.25, 0.3) is 6.43 Å². The highest BCUT2D eigenvalue weighted by atomic mass is 19.3. The molecule has 0 bridgehead atoms. The largest absolute Gasteiger partial charge is 0.444 e. The van der Waals surface area contributed by atoms with Crippen LogP contribution in [0.25, 0.3) is 0 Å². The number of hydrogen-bond acceptors (Lipinski definition) is 3. The second kappa shape index (κ2) is 7.42. The van der Waals surface area contributed by atoms with Crippen LogP contribution in [0.2, 0.25) is 0 Å². The minimum absolute atomic E-state index is 0.171. The van der Waals surface area contributed by atoms with E-state index in [-0.39, 0.29) is 6.42 Å². The molecule has 0 spiro atoms. The predicted molar refractivity (Wildman–Crippen MR) is 62.3 cm³/mol. The Morgan fingerprint density at radius 3 is 2.35 bits per heavy atom. The number of amides is 1. The second-order valence-electron chi connectivity index (χ2n) is 4.73. The van der Waals surface area contributed by atoms with E-state index < -0.39 is 24.2 Å². The summed E-state index contributed by atoms with van der Waals surface area (Å²) in [4.78, 5) is 11.3. The lowest BCUT2D eigenvalue weighted by Gasteiger charge is -2.23. The molecule has 102 valence electrons. The number of ether oxygens (including phenoxy) is 1. The maximum atomic E-state index is 12.6. The van der Waals surface area contributed by atoms with Crippen molar-refractivity contribution < 1.29 is 18.3 Å². The fourth-order valence-corrected chi connectivity index (χ4v) is 1.15. The van der Waals surface area contributed by atoms with Crippen LogP contribution < -0.4 is 10.6 Å². The number of rotatable bonds is 6. The highest BCUT2D eigenvalue weighted by molar-refractivity contribution is 5.68. The lowest BCUT2D eigenvalue weighted by Crippen LogP contribution is -2.44. The Labute approximate surface area is 101 Å². The Morgan fingerprint density at radius 1 is 1.35 bits per heavy atom. The molecule has 1 unspecified atom stereocenters. The van der Waals surface area contributed by atoms with Crippen molar-refractivity contribution in [3.05, 3.63) is 0 Å². The fourth-order valence-electron chi connectivity index (χ4n) is 1.15. The molecule has 0 saturated heterocycles. The molecule has 17 heavy (non-hydrogen) atoms. The van der Waals surface area contributed by atoms with Crippen LogP contribution in [0.5, 0.6) is 0 Å². The molecule has 0 aromatic heterocycles. The van der Waals surface area contributed by atoms with Crippen LogP contribution in [-0.4, -0.2) is 37.3 Å². The van der Waals surface area contributed by atoms with E-state index in [0.717, 1.165) is 0 Å². The van der Waals surface area contributed by atoms with Gasteiger partial charge in [0.05, 0.1) is 6.04 Å². The van der Waals surface area contributed by atoms with E-state index in [1.165, 1.54) is 0 Å². The summed E-state index contributed by atoms with van der Waals surface area (Å²) in [5.41, 5.74) is -0.682. The first-order valence-electron chi connectivity index (χ1n) is 5.74. The number of halogens is 2. The molecule has 0 radical (unpaired) electrons. The van der Waals surface area contributed by atoms with E-state index in [1.807, 2.05) is 6.92 Å². The summed E-state index contributed by atoms with van der Waals surface area (Å²) in [7, 11) is 0. The van der Waals surface area contributed by atoms with Gasteiger partial charge in [-0.3, -0.25) is 0 Å². The molecule has 0 aliphatic carbocycles. The molecule has 0 aliphatic heterocycles. The summed E-state index contributed by atoms with van der Waals surface area (Å²) in [5, 5.41) is 5.11. The van der Waals surface area contributed by atoms with Gasteiger partial charge >= 0.3 is 6.09 Å². The standard InChI is InChI=1S/C11H22F2N2O2/c1-5-14-7-6-8(9(12)13)15-10(16)17-11(2,3)4/h8-9,14H,5-7H2,1-4H3,(H,15,16). The van der Waals surface area contributed by atoms with Gasteiger partial charge < -0.3 is 15.4 Å². The number of hydrogen-bond donors (Lipinski definition) is 2. The van der Waals surface area contributed by atoms with Crippen molar-refractivity contribution in [2.45, 2.75) is 52.2 Å². The zero-order chi connectivity index (χ0) is 13.5. The van der Waals surface area contributed by atoms with E-state index in [0.29, 0.717) is 13.1 Å². The van der Waals surface area contributed by atoms with Crippen molar-refractivity contribution >= 4 is 6.09 Å². The molecule has 0 rings (SSSR count). The Balaban J connectivity index is 4.11. The van der Waals surface area contributed by atoms with Crippen molar-refractivity contribution in [3.8, 4) is 0 Å². The lowest BCUT2D eigenvalue weighted by molar-refractivity contribution is 0.0365. The minimum Gasteiger partial charge on any atom is -0.444 e. The van der Waals surface area contributed by atoms with Crippen LogP contribution >= 0.6 is 0 Å². The Bertz CT molecular complexity index is 230. The number of carbonyl (C=O) groups is 1. The summed E-state index contributed by atoms with van der Waals surface area (Å²) in [6, 6.07) is -1.18. The number of nitrogens with one attached hydrogen (secondary N) is 2. The Morgan fingerprint density at radius 2 is 1.94 bits per heavy atom. The van der Waals surface area contributed by atoms with Gasteiger partial charge in [-0.15, -0.1) is 0 Å². The minimum atomic E-state index is -2.60. The first-order valence-corrected chi connectivity index (χ1v) is 5.74. The maximum Gasteiger partial charge on any atom is 0.408 e. The number of carbonyl (C=O) groups excluding carboxylic acids is 1. The molecule has 0 heterocycles. The van der Waals surface area contributed by atoms with Gasteiger partial charge in [0.2, 0.25) is 0 Å². The molecular formula is C11H22F2N2O2. The van der Waals surface area contributed by atoms with Gasteiger partial charge in [0, 0.05) is 0 Å². The van der Waals surface area contributed by atoms with E-state index in [4.69, 9.17) is 4.74 Å². The van der Waals surface area contributed by atoms with Gasteiger partial charge in [-0.2, -0.15) is 0 Å². The van der Waals surface area contributed by atoms with Crippen molar-refractivity contribution in [2.75, 3.05) is 13.1 Å². The third-order valence-electron chi connectivity index (χ3n) is 1.89. The molecule has 6 heteroatoms. The molecule has 0 aromatic rings. The number of alkyl halides is 2. The highest BCUT2D eigenvalue weighted by Gasteiger charge is 2.24. The van der Waals surface area contributed by atoms with Gasteiger partial charge in [-0.05, 0) is 40.3 Å². The average molecular weight is 252 g/mol. The smallest absolute Gasteiger partial charge is 0.408 e. The highest BCUT2D eigenvalue weighted by Crippen LogP contribution is 2.09. The van der Waals surface area contributed by atoms with Crippen molar-refractivity contribution in [1.82, 2.24) is 10.6 Å². The summed E-state index contributed by atoms with van der Waals surface area (Å²) in [6.45, 7) is 8.08. The van der Waals surface area contributed by atoms with Gasteiger partial charge in [-0.25, -0.2) is 13.6 Å². The Hall–Kier alpha value is -0.910. The zero-order valence-electron chi connectivity index (χ0n) is 10.8. The third-order valence-corrected chi connectivity index (χ3v) is 1.89. The first-order chi connectivity index (χ1) is 7.76. The maximum absolute atomic E-state index is 12.6. The van der Waals surface area contributed by atoms with Crippen molar-refractivity contribution in [1.29, 1.82) is 0 Å². The summed E-state index contributed by atoms with van der Waals surface area (Å²) < 4.78 is 30.2. The van der Waals surface area contributed by atoms with Crippen LogP contribution in [0.15, 0.2) is 0 Å². The zero-order valence-corrected chi connectivity index (χ0v) is 10.8. The van der Waals surface area contributed by atoms with Crippen LogP contribution in [-0.2, 0) is 4.74 Å². The van der Waals surface area contributed by atoms with Crippen LogP contribution in [0.1, 0.15) is 34.1 Å². The molecule has 0 aromatic carbocycles. The third kappa shape index (κ3) is 8.85. The quantitative estimate of drug-likeness (QED) is 0.712. The Kier molecular flexibility index (Phi) is 7.03.